The molecule has 0 spiro atoms. The fourth-order valence-corrected chi connectivity index (χ4v) is 2.35. The number of ether oxygens (including phenoxy) is 2. The van der Waals surface area contributed by atoms with Crippen LogP contribution in [-0.4, -0.2) is 41.3 Å². The first-order valence-electron chi connectivity index (χ1n) is 6.74. The summed E-state index contributed by atoms with van der Waals surface area (Å²) < 4.78 is 10.2. The van der Waals surface area contributed by atoms with E-state index in [0.717, 1.165) is 11.3 Å². The predicted octanol–water partition coefficient (Wildman–Crippen LogP) is 2.27. The Balaban J connectivity index is 2.10. The van der Waals surface area contributed by atoms with E-state index in [-0.39, 0.29) is 13.0 Å². The summed E-state index contributed by atoms with van der Waals surface area (Å²) in [5.74, 6) is -0.128. The van der Waals surface area contributed by atoms with Crippen molar-refractivity contribution in [2.45, 2.75) is 31.8 Å². The van der Waals surface area contributed by atoms with Gasteiger partial charge in [0.25, 0.3) is 0 Å². The number of aliphatic carboxylic acids is 1. The summed E-state index contributed by atoms with van der Waals surface area (Å²) in [6.45, 7) is 2.46. The monoisotopic (exact) mass is 293 g/mol. The molecule has 1 N–H and O–H groups in total. The van der Waals surface area contributed by atoms with Gasteiger partial charge in [-0.1, -0.05) is 12.1 Å². The smallest absolute Gasteiger partial charge is 0.410 e. The second kappa shape index (κ2) is 6.03. The first-order valence-corrected chi connectivity index (χ1v) is 6.74. The van der Waals surface area contributed by atoms with Crippen molar-refractivity contribution in [2.24, 2.45) is 0 Å². The number of carboxylic acid groups (broad SMARTS) is 1. The maximum atomic E-state index is 11.9. The highest BCUT2D eigenvalue weighted by molar-refractivity contribution is 5.72. The Labute approximate surface area is 123 Å². The van der Waals surface area contributed by atoms with Gasteiger partial charge in [-0.3, -0.25) is 9.69 Å². The van der Waals surface area contributed by atoms with Gasteiger partial charge in [-0.15, -0.1) is 0 Å². The van der Waals surface area contributed by atoms with Gasteiger partial charge in [-0.25, -0.2) is 4.79 Å². The minimum absolute atomic E-state index is 0.00620. The van der Waals surface area contributed by atoms with Crippen molar-refractivity contribution < 1.29 is 24.2 Å². The highest BCUT2D eigenvalue weighted by Gasteiger charge is 2.43. The number of rotatable bonds is 6. The molecule has 1 aliphatic rings. The van der Waals surface area contributed by atoms with Crippen LogP contribution in [0.5, 0.6) is 5.75 Å². The Morgan fingerprint density at radius 1 is 1.43 bits per heavy atom. The molecule has 1 heterocycles. The molecule has 1 saturated heterocycles. The predicted molar refractivity (Wildman–Crippen MR) is 75.2 cm³/mol. The fourth-order valence-electron chi connectivity index (χ4n) is 2.35. The zero-order valence-corrected chi connectivity index (χ0v) is 12.2. The molecule has 1 aromatic carbocycles. The lowest BCUT2D eigenvalue weighted by Gasteiger charge is -2.31. The lowest BCUT2D eigenvalue weighted by molar-refractivity contribution is -0.137. The van der Waals surface area contributed by atoms with Crippen molar-refractivity contribution in [1.29, 1.82) is 0 Å². The quantitative estimate of drug-likeness (QED) is 0.870. The highest BCUT2D eigenvalue weighted by Crippen LogP contribution is 2.30. The number of hydrogen-bond donors (Lipinski definition) is 1. The third-order valence-corrected chi connectivity index (χ3v) is 3.76. The summed E-state index contributed by atoms with van der Waals surface area (Å²) in [6.07, 6.45) is -0.0325. The number of carbonyl (C=O) groups is 2. The maximum absolute atomic E-state index is 11.9. The Morgan fingerprint density at radius 3 is 2.67 bits per heavy atom. The van der Waals surface area contributed by atoms with Gasteiger partial charge in [0.05, 0.1) is 12.6 Å². The molecule has 1 aliphatic heterocycles. The van der Waals surface area contributed by atoms with E-state index >= 15 is 0 Å². The molecular formula is C15H19NO5. The molecule has 6 heteroatoms. The Hall–Kier alpha value is -2.24. The molecule has 1 aromatic rings. The number of methoxy groups -OCH3 is 1. The average molecular weight is 293 g/mol. The highest BCUT2D eigenvalue weighted by atomic mass is 16.6. The van der Waals surface area contributed by atoms with Crippen LogP contribution in [0.3, 0.4) is 0 Å². The maximum Gasteiger partial charge on any atom is 0.410 e. The Kier molecular flexibility index (Phi) is 4.35. The lowest BCUT2D eigenvalue weighted by atomic mass is 9.95. The summed E-state index contributed by atoms with van der Waals surface area (Å²) >= 11 is 0. The second-order valence-electron chi connectivity index (χ2n) is 5.38. The first-order chi connectivity index (χ1) is 9.94. The summed E-state index contributed by atoms with van der Waals surface area (Å²) in [5.41, 5.74) is 0.353. The van der Waals surface area contributed by atoms with Crippen molar-refractivity contribution in [2.75, 3.05) is 13.7 Å². The SMILES string of the molecule is COc1ccc(CN2C(=O)OCC2(C)CCC(=O)O)cc1. The van der Waals surface area contributed by atoms with Crippen LogP contribution in [0.4, 0.5) is 4.79 Å². The molecule has 0 saturated carbocycles. The number of carboxylic acids is 1. The topological polar surface area (TPSA) is 76.1 Å². The molecule has 0 aromatic heterocycles. The van der Waals surface area contributed by atoms with Crippen LogP contribution in [0.2, 0.25) is 0 Å². The zero-order valence-electron chi connectivity index (χ0n) is 12.2. The standard InChI is InChI=1S/C15H19NO5/c1-15(8-7-13(17)18)10-21-14(19)16(15)9-11-3-5-12(20-2)6-4-11/h3-6H,7-10H2,1-2H3,(H,17,18). The van der Waals surface area contributed by atoms with Gasteiger partial charge >= 0.3 is 12.1 Å². The van der Waals surface area contributed by atoms with E-state index in [9.17, 15) is 9.59 Å². The molecule has 6 nitrogen and oxygen atoms in total. The van der Waals surface area contributed by atoms with Gasteiger partial charge in [0.15, 0.2) is 0 Å². The van der Waals surface area contributed by atoms with Crippen molar-refractivity contribution in [3.63, 3.8) is 0 Å². The van der Waals surface area contributed by atoms with E-state index in [0.29, 0.717) is 13.0 Å². The van der Waals surface area contributed by atoms with Gasteiger partial charge in [0.2, 0.25) is 0 Å². The van der Waals surface area contributed by atoms with E-state index in [2.05, 4.69) is 0 Å². The Bertz CT molecular complexity index is 527. The third kappa shape index (κ3) is 3.45. The van der Waals surface area contributed by atoms with Crippen molar-refractivity contribution in [1.82, 2.24) is 4.90 Å². The largest absolute Gasteiger partial charge is 0.497 e. The molecule has 0 radical (unpaired) electrons. The van der Waals surface area contributed by atoms with E-state index in [4.69, 9.17) is 14.6 Å². The molecule has 0 bridgehead atoms. The third-order valence-electron chi connectivity index (χ3n) is 3.76. The summed E-state index contributed by atoms with van der Waals surface area (Å²) in [6, 6.07) is 7.40. The van der Waals surface area contributed by atoms with E-state index in [1.807, 2.05) is 31.2 Å². The molecule has 1 fully saturated rings. The second-order valence-corrected chi connectivity index (χ2v) is 5.38. The molecule has 21 heavy (non-hydrogen) atoms. The number of benzene rings is 1. The van der Waals surface area contributed by atoms with Gasteiger partial charge in [-0.05, 0) is 31.0 Å². The van der Waals surface area contributed by atoms with E-state index in [1.54, 1.807) is 12.0 Å². The average Bonchev–Trinajstić information content (AvgIpc) is 2.75. The van der Waals surface area contributed by atoms with E-state index < -0.39 is 17.6 Å². The van der Waals surface area contributed by atoms with E-state index in [1.165, 1.54) is 0 Å². The molecule has 114 valence electrons. The Morgan fingerprint density at radius 2 is 2.10 bits per heavy atom. The van der Waals surface area contributed by atoms with Gasteiger partial charge in [-0.2, -0.15) is 0 Å². The lowest BCUT2D eigenvalue weighted by Crippen LogP contribution is -2.44. The number of nitrogens with zero attached hydrogens (tertiary/aromatic N) is 1. The van der Waals surface area contributed by atoms with Crippen LogP contribution in [0.25, 0.3) is 0 Å². The fraction of sp³-hybridized carbons (Fsp3) is 0.467. The molecule has 1 unspecified atom stereocenters. The van der Waals surface area contributed by atoms with Gasteiger partial charge in [0, 0.05) is 13.0 Å². The van der Waals surface area contributed by atoms with Gasteiger partial charge < -0.3 is 14.6 Å². The molecule has 1 atom stereocenters. The number of cyclic esters (lactones) is 1. The van der Waals surface area contributed by atoms with Crippen LogP contribution in [-0.2, 0) is 16.1 Å². The molecule has 1 amide bonds. The summed E-state index contributed by atoms with van der Waals surface area (Å²) in [4.78, 5) is 24.2. The molecule has 2 rings (SSSR count). The zero-order chi connectivity index (χ0) is 15.5. The van der Waals surface area contributed by atoms with Crippen LogP contribution in [0, 0.1) is 0 Å². The first kappa shape index (κ1) is 15.2. The molecule has 0 aliphatic carbocycles. The normalized spacial score (nSPS) is 21.2. The minimum Gasteiger partial charge on any atom is -0.497 e. The van der Waals surface area contributed by atoms with Gasteiger partial charge in [0.1, 0.15) is 12.4 Å². The van der Waals surface area contributed by atoms with Crippen LogP contribution < -0.4 is 4.74 Å². The van der Waals surface area contributed by atoms with Crippen LogP contribution in [0.15, 0.2) is 24.3 Å². The van der Waals surface area contributed by atoms with Crippen LogP contribution >= 0.6 is 0 Å². The van der Waals surface area contributed by atoms with Crippen molar-refractivity contribution in [3.05, 3.63) is 29.8 Å². The molecular weight excluding hydrogens is 274 g/mol. The number of amides is 1. The summed E-state index contributed by atoms with van der Waals surface area (Å²) in [7, 11) is 1.59. The van der Waals surface area contributed by atoms with Crippen molar-refractivity contribution >= 4 is 12.1 Å². The number of hydrogen-bond acceptors (Lipinski definition) is 4. The van der Waals surface area contributed by atoms with Crippen LogP contribution in [0.1, 0.15) is 25.3 Å². The minimum atomic E-state index is -0.875. The van der Waals surface area contributed by atoms with Crippen molar-refractivity contribution in [3.8, 4) is 5.75 Å². The summed E-state index contributed by atoms with van der Waals surface area (Å²) in [5, 5.41) is 8.83. The number of carbonyl (C=O) groups excluding carboxylic acids is 1.